The van der Waals surface area contributed by atoms with Gasteiger partial charge in [-0.15, -0.1) is 0 Å². The van der Waals surface area contributed by atoms with Crippen molar-refractivity contribution >= 4 is 22.7 Å². The van der Waals surface area contributed by atoms with E-state index in [9.17, 15) is 4.79 Å². The number of benzene rings is 1. The highest BCUT2D eigenvalue weighted by Gasteiger charge is 2.18. The van der Waals surface area contributed by atoms with Gasteiger partial charge in [-0.25, -0.2) is 0 Å². The Morgan fingerprint density at radius 2 is 1.89 bits per heavy atom. The topological polar surface area (TPSA) is 48.0 Å². The van der Waals surface area contributed by atoms with Gasteiger partial charge in [0.05, 0.1) is 11.4 Å². The Bertz CT molecular complexity index is 819. The van der Waals surface area contributed by atoms with Gasteiger partial charge in [-0.2, -0.15) is 9.78 Å². The minimum Gasteiger partial charge on any atom is -0.441 e. The lowest BCUT2D eigenvalue weighted by atomic mass is 10.2. The monoisotopic (exact) mass is 274 g/mol. The van der Waals surface area contributed by atoms with Crippen LogP contribution in [-0.2, 0) is 0 Å². The van der Waals surface area contributed by atoms with Crippen LogP contribution in [-0.4, -0.2) is 9.78 Å². The summed E-state index contributed by atoms with van der Waals surface area (Å²) >= 11 is 5.94. The van der Waals surface area contributed by atoms with E-state index in [1.54, 1.807) is 18.5 Å². The van der Waals surface area contributed by atoms with Crippen LogP contribution in [0.2, 0.25) is 5.02 Å². The van der Waals surface area contributed by atoms with Crippen LogP contribution < -0.4 is 5.43 Å². The van der Waals surface area contributed by atoms with Gasteiger partial charge in [-0.05, 0) is 26.0 Å². The van der Waals surface area contributed by atoms with E-state index in [0.29, 0.717) is 22.6 Å². The van der Waals surface area contributed by atoms with Crippen molar-refractivity contribution in [2.75, 3.05) is 0 Å². The lowest BCUT2D eigenvalue weighted by Crippen LogP contribution is -2.04. The van der Waals surface area contributed by atoms with E-state index in [0.717, 1.165) is 5.69 Å². The van der Waals surface area contributed by atoms with Crippen LogP contribution in [0.1, 0.15) is 11.5 Å². The first-order chi connectivity index (χ1) is 9.09. The van der Waals surface area contributed by atoms with Crippen molar-refractivity contribution in [2.45, 2.75) is 13.8 Å². The molecular weight excluding hydrogens is 264 g/mol. The third kappa shape index (κ3) is 1.76. The predicted octanol–water partition coefficient (Wildman–Crippen LogP) is 3.25. The molecule has 5 heteroatoms. The number of aryl methyl sites for hydroxylation is 2. The first kappa shape index (κ1) is 12.0. The summed E-state index contributed by atoms with van der Waals surface area (Å²) in [6.07, 6.45) is 0. The number of para-hydroxylation sites is 1. The van der Waals surface area contributed by atoms with Crippen LogP contribution in [0.4, 0.5) is 0 Å². The molecule has 0 spiro atoms. The molecule has 2 heterocycles. The van der Waals surface area contributed by atoms with E-state index < -0.39 is 0 Å². The smallest absolute Gasteiger partial charge is 0.233 e. The summed E-state index contributed by atoms with van der Waals surface area (Å²) in [6, 6.07) is 9.52. The number of nitrogens with zero attached hydrogens (tertiary/aromatic N) is 2. The highest BCUT2D eigenvalue weighted by molar-refractivity contribution is 6.31. The fraction of sp³-hybridized carbons (Fsp3) is 0.143. The fourth-order valence-electron chi connectivity index (χ4n) is 2.07. The van der Waals surface area contributed by atoms with Gasteiger partial charge in [0.1, 0.15) is 16.2 Å². The van der Waals surface area contributed by atoms with Crippen molar-refractivity contribution in [3.8, 4) is 5.69 Å². The maximum atomic E-state index is 12.2. The molecule has 3 aromatic rings. The van der Waals surface area contributed by atoms with Crippen LogP contribution in [0.15, 0.2) is 39.5 Å². The standard InChI is InChI=1S/C14H11ClN2O2/c1-8-11-13(18)12(15)9(2)19-14(11)17(16-8)10-6-4-3-5-7-10/h3-7H,1-2H3. The first-order valence-electron chi connectivity index (χ1n) is 5.83. The van der Waals surface area contributed by atoms with Crippen molar-refractivity contribution in [3.63, 3.8) is 0 Å². The summed E-state index contributed by atoms with van der Waals surface area (Å²) in [6.45, 7) is 3.44. The van der Waals surface area contributed by atoms with Gasteiger partial charge in [0.25, 0.3) is 0 Å². The van der Waals surface area contributed by atoms with Crippen LogP contribution >= 0.6 is 11.6 Å². The number of halogens is 1. The highest BCUT2D eigenvalue weighted by Crippen LogP contribution is 2.23. The molecule has 0 saturated carbocycles. The molecule has 2 aromatic heterocycles. The van der Waals surface area contributed by atoms with E-state index in [1.165, 1.54) is 0 Å². The van der Waals surface area contributed by atoms with E-state index >= 15 is 0 Å². The minimum atomic E-state index is -0.236. The van der Waals surface area contributed by atoms with Gasteiger partial charge < -0.3 is 4.42 Å². The lowest BCUT2D eigenvalue weighted by molar-refractivity contribution is 0.540. The maximum absolute atomic E-state index is 12.2. The van der Waals surface area contributed by atoms with Gasteiger partial charge in [0.2, 0.25) is 11.1 Å². The van der Waals surface area contributed by atoms with Gasteiger partial charge >= 0.3 is 0 Å². The number of aromatic nitrogens is 2. The van der Waals surface area contributed by atoms with Crippen LogP contribution in [0.5, 0.6) is 0 Å². The Labute approximate surface area is 114 Å². The second-order valence-corrected chi connectivity index (χ2v) is 4.69. The number of hydrogen-bond acceptors (Lipinski definition) is 3. The van der Waals surface area contributed by atoms with Gasteiger partial charge in [0.15, 0.2) is 0 Å². The second kappa shape index (κ2) is 4.24. The first-order valence-corrected chi connectivity index (χ1v) is 6.21. The summed E-state index contributed by atoms with van der Waals surface area (Å²) < 4.78 is 7.27. The van der Waals surface area contributed by atoms with Crippen LogP contribution in [0.3, 0.4) is 0 Å². The zero-order valence-electron chi connectivity index (χ0n) is 10.5. The van der Waals surface area contributed by atoms with Crippen LogP contribution in [0.25, 0.3) is 16.8 Å². The number of rotatable bonds is 1. The van der Waals surface area contributed by atoms with E-state index in [-0.39, 0.29) is 10.5 Å². The summed E-state index contributed by atoms with van der Waals surface area (Å²) in [5, 5.41) is 4.91. The zero-order valence-corrected chi connectivity index (χ0v) is 11.2. The Balaban J connectivity index is 2.44. The van der Waals surface area contributed by atoms with Crippen LogP contribution in [0, 0.1) is 13.8 Å². The average Bonchev–Trinajstić information content (AvgIpc) is 2.74. The molecule has 0 saturated heterocycles. The molecule has 19 heavy (non-hydrogen) atoms. The maximum Gasteiger partial charge on any atom is 0.233 e. The zero-order chi connectivity index (χ0) is 13.6. The van der Waals surface area contributed by atoms with Gasteiger partial charge in [-0.1, -0.05) is 29.8 Å². The van der Waals surface area contributed by atoms with E-state index in [2.05, 4.69) is 5.10 Å². The average molecular weight is 275 g/mol. The SMILES string of the molecule is Cc1oc2c(c(C)nn2-c2ccccc2)c(=O)c1Cl. The molecule has 0 bridgehead atoms. The molecular formula is C14H11ClN2O2. The molecule has 0 fully saturated rings. The largest absolute Gasteiger partial charge is 0.441 e. The molecule has 96 valence electrons. The van der Waals surface area contributed by atoms with Crippen molar-refractivity contribution < 1.29 is 4.42 Å². The normalized spacial score (nSPS) is 11.1. The molecule has 0 aliphatic rings. The molecule has 0 aliphatic heterocycles. The van der Waals surface area contributed by atoms with Crippen molar-refractivity contribution in [1.82, 2.24) is 9.78 Å². The van der Waals surface area contributed by atoms with Crippen molar-refractivity contribution in [3.05, 3.63) is 57.0 Å². The van der Waals surface area contributed by atoms with E-state index in [1.807, 2.05) is 30.3 Å². The highest BCUT2D eigenvalue weighted by atomic mass is 35.5. The Morgan fingerprint density at radius 1 is 1.21 bits per heavy atom. The molecule has 0 atom stereocenters. The van der Waals surface area contributed by atoms with Gasteiger partial charge in [-0.3, -0.25) is 4.79 Å². The molecule has 3 rings (SSSR count). The van der Waals surface area contributed by atoms with E-state index in [4.69, 9.17) is 16.0 Å². The molecule has 4 nitrogen and oxygen atoms in total. The second-order valence-electron chi connectivity index (χ2n) is 4.31. The molecule has 1 aromatic carbocycles. The van der Waals surface area contributed by atoms with Crippen molar-refractivity contribution in [1.29, 1.82) is 0 Å². The van der Waals surface area contributed by atoms with Crippen molar-refractivity contribution in [2.24, 2.45) is 0 Å². The predicted molar refractivity (Wildman–Crippen MR) is 74.1 cm³/mol. The summed E-state index contributed by atoms with van der Waals surface area (Å²) in [7, 11) is 0. The molecule has 0 radical (unpaired) electrons. The Morgan fingerprint density at radius 3 is 2.58 bits per heavy atom. The summed E-state index contributed by atoms with van der Waals surface area (Å²) in [5.74, 6) is 0.399. The third-order valence-corrected chi connectivity index (χ3v) is 3.44. The number of fused-ring (bicyclic) bond motifs is 1. The number of hydrogen-bond donors (Lipinski definition) is 0. The summed E-state index contributed by atoms with van der Waals surface area (Å²) in [4.78, 5) is 12.2. The molecule has 0 amide bonds. The summed E-state index contributed by atoms with van der Waals surface area (Å²) in [5.41, 5.74) is 1.63. The third-order valence-electron chi connectivity index (χ3n) is 3.00. The Kier molecular flexibility index (Phi) is 2.68. The molecule has 0 unspecified atom stereocenters. The lowest BCUT2D eigenvalue weighted by Gasteiger charge is -2.03. The fourth-order valence-corrected chi connectivity index (χ4v) is 2.20. The quantitative estimate of drug-likeness (QED) is 0.684. The molecule has 0 N–H and O–H groups in total. The van der Waals surface area contributed by atoms with Gasteiger partial charge in [0, 0.05) is 0 Å². The minimum absolute atomic E-state index is 0.114. The Hall–Kier alpha value is -2.07. The molecule has 0 aliphatic carbocycles.